The fourth-order valence-electron chi connectivity index (χ4n) is 1.61. The molecule has 0 aliphatic heterocycles. The molecule has 0 saturated carbocycles. The number of hydrogen-bond acceptors (Lipinski definition) is 4. The van der Waals surface area contributed by atoms with Gasteiger partial charge in [0, 0.05) is 19.7 Å². The minimum absolute atomic E-state index is 0.277. The van der Waals surface area contributed by atoms with Gasteiger partial charge in [-0.25, -0.2) is 4.39 Å². The first-order valence-corrected chi connectivity index (χ1v) is 5.17. The maximum Gasteiger partial charge on any atom is 0.141 e. The minimum Gasteiger partial charge on any atom is -0.383 e. The maximum absolute atomic E-state index is 12.7. The van der Waals surface area contributed by atoms with Crippen molar-refractivity contribution in [2.24, 2.45) is 7.05 Å². The van der Waals surface area contributed by atoms with Crippen LogP contribution in [0, 0.1) is 5.82 Å². The Morgan fingerprint density at radius 3 is 2.76 bits per heavy atom. The average Bonchev–Trinajstić information content (AvgIpc) is 2.63. The van der Waals surface area contributed by atoms with Crippen molar-refractivity contribution in [1.29, 1.82) is 0 Å². The molecular formula is C11H13FN4O. The maximum atomic E-state index is 12.7. The Labute approximate surface area is 97.9 Å². The topological polar surface area (TPSA) is 63.8 Å². The van der Waals surface area contributed by atoms with Gasteiger partial charge < -0.3 is 5.11 Å². The van der Waals surface area contributed by atoms with Crippen molar-refractivity contribution in [3.63, 3.8) is 0 Å². The van der Waals surface area contributed by atoms with Gasteiger partial charge in [-0.05, 0) is 19.1 Å². The van der Waals surface area contributed by atoms with Crippen LogP contribution < -0.4 is 0 Å². The Kier molecular flexibility index (Phi) is 2.89. The third-order valence-electron chi connectivity index (χ3n) is 2.45. The van der Waals surface area contributed by atoms with E-state index in [-0.39, 0.29) is 6.42 Å². The van der Waals surface area contributed by atoms with Gasteiger partial charge in [0.05, 0.1) is 17.6 Å². The Morgan fingerprint density at radius 2 is 2.24 bits per heavy atom. The molecule has 1 N–H and O–H groups in total. The summed E-state index contributed by atoms with van der Waals surface area (Å²) >= 11 is 0. The molecule has 17 heavy (non-hydrogen) atoms. The molecule has 0 spiro atoms. The second-order valence-electron chi connectivity index (χ2n) is 4.20. The summed E-state index contributed by atoms with van der Waals surface area (Å²) in [5.41, 5.74) is -0.128. The van der Waals surface area contributed by atoms with E-state index in [9.17, 15) is 9.50 Å². The summed E-state index contributed by atoms with van der Waals surface area (Å²) in [4.78, 5) is 3.87. The van der Waals surface area contributed by atoms with Crippen LogP contribution in [0.4, 0.5) is 4.39 Å². The number of pyridine rings is 1. The molecule has 90 valence electrons. The fourth-order valence-corrected chi connectivity index (χ4v) is 1.61. The smallest absolute Gasteiger partial charge is 0.141 e. The molecule has 2 aromatic rings. The van der Waals surface area contributed by atoms with E-state index in [1.165, 1.54) is 12.1 Å². The van der Waals surface area contributed by atoms with Crippen LogP contribution in [-0.4, -0.2) is 25.1 Å². The zero-order valence-electron chi connectivity index (χ0n) is 9.63. The molecule has 0 radical (unpaired) electrons. The van der Waals surface area contributed by atoms with Crippen molar-refractivity contribution >= 4 is 0 Å². The van der Waals surface area contributed by atoms with Crippen molar-refractivity contribution in [2.75, 3.05) is 0 Å². The fraction of sp³-hybridized carbons (Fsp3) is 0.364. The molecule has 0 aromatic carbocycles. The molecule has 2 rings (SSSR count). The second-order valence-corrected chi connectivity index (χ2v) is 4.20. The van der Waals surface area contributed by atoms with Gasteiger partial charge >= 0.3 is 0 Å². The van der Waals surface area contributed by atoms with Crippen LogP contribution in [0.5, 0.6) is 0 Å². The lowest BCUT2D eigenvalue weighted by atomic mass is 9.96. The summed E-state index contributed by atoms with van der Waals surface area (Å²) in [6.07, 6.45) is 3.08. The van der Waals surface area contributed by atoms with Crippen molar-refractivity contribution in [3.8, 4) is 0 Å². The van der Waals surface area contributed by atoms with Crippen LogP contribution in [0.3, 0.4) is 0 Å². The third kappa shape index (κ3) is 2.65. The van der Waals surface area contributed by atoms with Gasteiger partial charge in [0.25, 0.3) is 0 Å². The summed E-state index contributed by atoms with van der Waals surface area (Å²) in [6, 6.07) is 2.74. The quantitative estimate of drug-likeness (QED) is 0.856. The third-order valence-corrected chi connectivity index (χ3v) is 2.45. The Balaban J connectivity index is 2.21. The standard InChI is InChI=1S/C11H13FN4O/c1-11(17,5-9-7-16(2)15-14-9)10-4-3-8(12)6-13-10/h3-4,6-7,17H,5H2,1-2H3. The predicted molar refractivity (Wildman–Crippen MR) is 58.5 cm³/mol. The minimum atomic E-state index is -1.19. The van der Waals surface area contributed by atoms with Crippen LogP contribution >= 0.6 is 0 Å². The van der Waals surface area contributed by atoms with E-state index in [1.54, 1.807) is 24.9 Å². The molecule has 0 aliphatic carbocycles. The molecule has 5 nitrogen and oxygen atoms in total. The number of aromatic nitrogens is 4. The van der Waals surface area contributed by atoms with Crippen LogP contribution in [0.15, 0.2) is 24.5 Å². The molecule has 0 amide bonds. The molecule has 0 aliphatic rings. The number of aryl methyl sites for hydroxylation is 1. The van der Waals surface area contributed by atoms with Gasteiger partial charge in [0.15, 0.2) is 0 Å². The number of nitrogens with zero attached hydrogens (tertiary/aromatic N) is 4. The largest absolute Gasteiger partial charge is 0.383 e. The molecule has 1 atom stereocenters. The highest BCUT2D eigenvalue weighted by Crippen LogP contribution is 2.22. The van der Waals surface area contributed by atoms with Crippen LogP contribution in [0.1, 0.15) is 18.3 Å². The number of halogens is 1. The van der Waals surface area contributed by atoms with Crippen LogP contribution in [-0.2, 0) is 19.1 Å². The predicted octanol–water partition coefficient (Wildman–Crippen LogP) is 0.799. The van der Waals surface area contributed by atoms with Crippen molar-refractivity contribution < 1.29 is 9.50 Å². The Hall–Kier alpha value is -1.82. The molecule has 2 aromatic heterocycles. The molecule has 0 fully saturated rings. The van der Waals surface area contributed by atoms with Gasteiger partial charge in [-0.3, -0.25) is 9.67 Å². The number of hydrogen-bond donors (Lipinski definition) is 1. The normalized spacial score (nSPS) is 14.6. The lowest BCUT2D eigenvalue weighted by Crippen LogP contribution is -2.25. The van der Waals surface area contributed by atoms with E-state index in [0.29, 0.717) is 11.4 Å². The highest BCUT2D eigenvalue weighted by atomic mass is 19.1. The highest BCUT2D eigenvalue weighted by Gasteiger charge is 2.26. The van der Waals surface area contributed by atoms with Crippen molar-refractivity contribution in [1.82, 2.24) is 20.0 Å². The first-order valence-electron chi connectivity index (χ1n) is 5.17. The SMILES string of the molecule is Cn1cc(CC(C)(O)c2ccc(F)cn2)nn1. The van der Waals surface area contributed by atoms with Crippen molar-refractivity contribution in [3.05, 3.63) is 41.7 Å². The van der Waals surface area contributed by atoms with E-state index < -0.39 is 11.4 Å². The van der Waals surface area contributed by atoms with E-state index in [4.69, 9.17) is 0 Å². The zero-order chi connectivity index (χ0) is 12.5. The van der Waals surface area contributed by atoms with Crippen LogP contribution in [0.2, 0.25) is 0 Å². The van der Waals surface area contributed by atoms with Gasteiger partial charge in [-0.2, -0.15) is 0 Å². The Bertz CT molecular complexity index is 506. The highest BCUT2D eigenvalue weighted by molar-refractivity contribution is 5.15. The average molecular weight is 236 g/mol. The molecule has 0 saturated heterocycles. The Morgan fingerprint density at radius 1 is 1.47 bits per heavy atom. The summed E-state index contributed by atoms with van der Waals surface area (Å²) in [6.45, 7) is 1.61. The molecule has 1 unspecified atom stereocenters. The van der Waals surface area contributed by atoms with Gasteiger partial charge in [0.2, 0.25) is 0 Å². The zero-order valence-corrected chi connectivity index (χ0v) is 9.63. The van der Waals surface area contributed by atoms with E-state index in [0.717, 1.165) is 6.20 Å². The van der Waals surface area contributed by atoms with Crippen molar-refractivity contribution in [2.45, 2.75) is 18.9 Å². The molecule has 0 bridgehead atoms. The molecular weight excluding hydrogens is 223 g/mol. The van der Waals surface area contributed by atoms with E-state index in [1.807, 2.05) is 0 Å². The molecule has 6 heteroatoms. The summed E-state index contributed by atoms with van der Waals surface area (Å²) < 4.78 is 14.3. The second kappa shape index (κ2) is 4.21. The monoisotopic (exact) mass is 236 g/mol. The lowest BCUT2D eigenvalue weighted by Gasteiger charge is -2.21. The van der Waals surface area contributed by atoms with Crippen LogP contribution in [0.25, 0.3) is 0 Å². The first kappa shape index (κ1) is 11.7. The number of rotatable bonds is 3. The number of aliphatic hydroxyl groups is 1. The van der Waals surface area contributed by atoms with Gasteiger partial charge in [-0.1, -0.05) is 5.21 Å². The van der Waals surface area contributed by atoms with Gasteiger partial charge in [0.1, 0.15) is 11.4 Å². The summed E-state index contributed by atoms with van der Waals surface area (Å²) in [7, 11) is 1.75. The molecule has 2 heterocycles. The first-order chi connectivity index (χ1) is 7.97. The summed E-state index contributed by atoms with van der Waals surface area (Å²) in [5.74, 6) is -0.427. The van der Waals surface area contributed by atoms with E-state index in [2.05, 4.69) is 15.3 Å². The van der Waals surface area contributed by atoms with E-state index >= 15 is 0 Å². The summed E-state index contributed by atoms with van der Waals surface area (Å²) in [5, 5.41) is 18.0. The van der Waals surface area contributed by atoms with Gasteiger partial charge in [-0.15, -0.1) is 5.10 Å². The lowest BCUT2D eigenvalue weighted by molar-refractivity contribution is 0.0518.